The molecule has 0 aliphatic heterocycles. The zero-order valence-electron chi connectivity index (χ0n) is 14.1. The van der Waals surface area contributed by atoms with E-state index in [9.17, 15) is 8.42 Å². The number of nitrogens with one attached hydrogen (secondary N) is 1. The monoisotopic (exact) mass is 311 g/mol. The predicted molar refractivity (Wildman–Crippen MR) is 90.5 cm³/mol. The maximum Gasteiger partial charge on any atom is 0.157 e. The molecule has 1 atom stereocenters. The number of hydrogen-bond acceptors (Lipinski definition) is 3. The summed E-state index contributed by atoms with van der Waals surface area (Å²) in [4.78, 5) is 0. The Balaban J connectivity index is 3.02. The van der Waals surface area contributed by atoms with E-state index in [1.165, 1.54) is 5.56 Å². The van der Waals surface area contributed by atoms with Crippen LogP contribution in [0.5, 0.6) is 0 Å². The lowest BCUT2D eigenvalue weighted by Gasteiger charge is -2.25. The molecular formula is C17H29NO2S. The van der Waals surface area contributed by atoms with Crippen LogP contribution in [0.2, 0.25) is 0 Å². The van der Waals surface area contributed by atoms with E-state index in [2.05, 4.69) is 31.3 Å². The minimum absolute atomic E-state index is 0.130. The summed E-state index contributed by atoms with van der Waals surface area (Å²) in [6, 6.07) is 8.12. The summed E-state index contributed by atoms with van der Waals surface area (Å²) < 4.78 is 24.2. The Morgan fingerprint density at radius 1 is 1.05 bits per heavy atom. The average Bonchev–Trinajstić information content (AvgIpc) is 2.37. The molecule has 4 heteroatoms. The first-order valence-electron chi connectivity index (χ1n) is 7.64. The Bertz CT molecular complexity index is 539. The Morgan fingerprint density at radius 3 is 1.90 bits per heavy atom. The van der Waals surface area contributed by atoms with Gasteiger partial charge in [-0.15, -0.1) is 0 Å². The van der Waals surface area contributed by atoms with Crippen LogP contribution in [-0.2, 0) is 9.84 Å². The van der Waals surface area contributed by atoms with E-state index in [0.29, 0.717) is 5.92 Å². The fourth-order valence-corrected chi connectivity index (χ4v) is 3.35. The van der Waals surface area contributed by atoms with Gasteiger partial charge in [-0.05, 0) is 44.4 Å². The number of rotatable bonds is 6. The molecule has 0 aromatic heterocycles. The summed E-state index contributed by atoms with van der Waals surface area (Å²) in [5, 5.41) is 3.30. The van der Waals surface area contributed by atoms with Gasteiger partial charge in [-0.3, -0.25) is 0 Å². The largest absolute Gasteiger partial charge is 0.309 e. The number of sulfone groups is 1. The lowest BCUT2D eigenvalue weighted by atomic mass is 9.99. The Kier molecular flexibility index (Phi) is 6.00. The van der Waals surface area contributed by atoms with Gasteiger partial charge >= 0.3 is 0 Å². The van der Waals surface area contributed by atoms with Gasteiger partial charge in [0.2, 0.25) is 0 Å². The third-order valence-corrected chi connectivity index (χ3v) is 6.41. The van der Waals surface area contributed by atoms with Crippen LogP contribution in [0.15, 0.2) is 24.3 Å². The first-order valence-corrected chi connectivity index (χ1v) is 9.29. The van der Waals surface area contributed by atoms with Crippen molar-refractivity contribution in [2.75, 3.05) is 12.3 Å². The summed E-state index contributed by atoms with van der Waals surface area (Å²) in [6.07, 6.45) is 0. The fourth-order valence-electron chi connectivity index (χ4n) is 2.10. The molecule has 1 rings (SSSR count). The lowest BCUT2D eigenvalue weighted by molar-refractivity contribution is 0.533. The van der Waals surface area contributed by atoms with Crippen molar-refractivity contribution >= 4 is 9.84 Å². The maximum absolute atomic E-state index is 12.4. The van der Waals surface area contributed by atoms with Crippen LogP contribution in [0.4, 0.5) is 0 Å². The average molecular weight is 311 g/mol. The van der Waals surface area contributed by atoms with Gasteiger partial charge < -0.3 is 5.32 Å². The minimum Gasteiger partial charge on any atom is -0.309 e. The van der Waals surface area contributed by atoms with Gasteiger partial charge in [-0.2, -0.15) is 0 Å². The van der Waals surface area contributed by atoms with Crippen LogP contribution in [0, 0.1) is 0 Å². The Labute approximate surface area is 130 Å². The van der Waals surface area contributed by atoms with E-state index in [4.69, 9.17) is 0 Å². The van der Waals surface area contributed by atoms with Crippen molar-refractivity contribution in [3.63, 3.8) is 0 Å². The molecule has 1 aromatic carbocycles. The van der Waals surface area contributed by atoms with Gasteiger partial charge in [0.15, 0.2) is 9.84 Å². The second-order valence-corrected chi connectivity index (χ2v) is 9.61. The van der Waals surface area contributed by atoms with Crippen LogP contribution < -0.4 is 5.32 Å². The molecule has 1 aromatic rings. The molecule has 0 spiro atoms. The first kappa shape index (κ1) is 18.2. The zero-order valence-corrected chi connectivity index (χ0v) is 14.9. The molecule has 0 heterocycles. The molecule has 0 fully saturated rings. The highest BCUT2D eigenvalue weighted by Gasteiger charge is 2.31. The molecule has 21 heavy (non-hydrogen) atoms. The molecule has 0 saturated heterocycles. The minimum atomic E-state index is -3.16. The van der Waals surface area contributed by atoms with Gasteiger partial charge in [0.1, 0.15) is 0 Å². The Hall–Kier alpha value is -0.870. The van der Waals surface area contributed by atoms with Gasteiger partial charge in [-0.1, -0.05) is 45.0 Å². The highest BCUT2D eigenvalue weighted by molar-refractivity contribution is 7.92. The maximum atomic E-state index is 12.4. The van der Waals surface area contributed by atoms with Crippen molar-refractivity contribution < 1.29 is 8.42 Å². The second kappa shape index (κ2) is 6.93. The molecule has 0 radical (unpaired) electrons. The van der Waals surface area contributed by atoms with Gasteiger partial charge in [-0.25, -0.2) is 8.42 Å². The summed E-state index contributed by atoms with van der Waals surface area (Å²) >= 11 is 0. The van der Waals surface area contributed by atoms with Crippen molar-refractivity contribution in [1.29, 1.82) is 0 Å². The molecule has 0 bridgehead atoms. The van der Waals surface area contributed by atoms with E-state index in [-0.39, 0.29) is 11.8 Å². The highest BCUT2D eigenvalue weighted by Crippen LogP contribution is 2.24. The van der Waals surface area contributed by atoms with Crippen molar-refractivity contribution in [3.05, 3.63) is 35.4 Å². The van der Waals surface area contributed by atoms with Crippen molar-refractivity contribution in [3.8, 4) is 0 Å². The van der Waals surface area contributed by atoms with Crippen LogP contribution in [0.1, 0.15) is 64.6 Å². The zero-order chi connectivity index (χ0) is 16.3. The van der Waals surface area contributed by atoms with Gasteiger partial charge in [0.25, 0.3) is 0 Å². The standard InChI is InChI=1S/C17H29NO2S/c1-7-18-16(12-21(19,20)17(4,5)6)15-10-8-14(9-11-15)13(2)3/h8-11,13,16,18H,7,12H2,1-6H3. The molecule has 0 amide bonds. The molecule has 0 aliphatic carbocycles. The van der Waals surface area contributed by atoms with E-state index < -0.39 is 14.6 Å². The van der Waals surface area contributed by atoms with E-state index >= 15 is 0 Å². The second-order valence-electron chi connectivity index (χ2n) is 6.83. The quantitative estimate of drug-likeness (QED) is 0.872. The molecular weight excluding hydrogens is 282 g/mol. The molecule has 1 N–H and O–H groups in total. The molecule has 1 unspecified atom stereocenters. The van der Waals surface area contributed by atoms with Crippen LogP contribution in [0.25, 0.3) is 0 Å². The fraction of sp³-hybridized carbons (Fsp3) is 0.647. The van der Waals surface area contributed by atoms with E-state index in [1.54, 1.807) is 20.8 Å². The van der Waals surface area contributed by atoms with Crippen molar-refractivity contribution in [2.45, 2.75) is 58.2 Å². The summed E-state index contributed by atoms with van der Waals surface area (Å²) in [6.45, 7) is 12.3. The third-order valence-electron chi connectivity index (χ3n) is 3.78. The molecule has 0 saturated carbocycles. The summed E-state index contributed by atoms with van der Waals surface area (Å²) in [5.41, 5.74) is 2.31. The van der Waals surface area contributed by atoms with Crippen molar-refractivity contribution in [2.24, 2.45) is 0 Å². The molecule has 3 nitrogen and oxygen atoms in total. The van der Waals surface area contributed by atoms with Crippen LogP contribution in [-0.4, -0.2) is 25.5 Å². The topological polar surface area (TPSA) is 46.2 Å². The van der Waals surface area contributed by atoms with E-state index in [1.807, 2.05) is 19.1 Å². The Morgan fingerprint density at radius 2 is 1.52 bits per heavy atom. The number of benzene rings is 1. The molecule has 0 aliphatic rings. The normalized spacial score (nSPS) is 14.4. The van der Waals surface area contributed by atoms with Crippen molar-refractivity contribution in [1.82, 2.24) is 5.32 Å². The summed E-state index contributed by atoms with van der Waals surface area (Å²) in [5.74, 6) is 0.612. The van der Waals surface area contributed by atoms with Gasteiger partial charge in [0.05, 0.1) is 10.5 Å². The van der Waals surface area contributed by atoms with Crippen LogP contribution >= 0.6 is 0 Å². The first-order chi connectivity index (χ1) is 9.58. The smallest absolute Gasteiger partial charge is 0.157 e. The highest BCUT2D eigenvalue weighted by atomic mass is 32.2. The lowest BCUT2D eigenvalue weighted by Crippen LogP contribution is -2.36. The van der Waals surface area contributed by atoms with E-state index in [0.717, 1.165) is 12.1 Å². The summed E-state index contributed by atoms with van der Waals surface area (Å²) in [7, 11) is -3.16. The van der Waals surface area contributed by atoms with Crippen LogP contribution in [0.3, 0.4) is 0 Å². The predicted octanol–water partition coefficient (Wildman–Crippen LogP) is 3.67. The number of hydrogen-bond donors (Lipinski definition) is 1. The SMILES string of the molecule is CCNC(CS(=O)(=O)C(C)(C)C)c1ccc(C(C)C)cc1. The third kappa shape index (κ3) is 4.82. The molecule has 120 valence electrons. The van der Waals surface area contributed by atoms with Gasteiger partial charge in [0, 0.05) is 6.04 Å².